The fraction of sp³-hybridized carbons (Fsp3) is 0.211. The van der Waals surface area contributed by atoms with Gasteiger partial charge in [0.05, 0.1) is 21.3 Å². The van der Waals surface area contributed by atoms with Crippen molar-refractivity contribution in [1.29, 1.82) is 0 Å². The first-order valence-corrected chi connectivity index (χ1v) is 8.89. The maximum absolute atomic E-state index is 12.2. The molecule has 5 nitrogen and oxygen atoms in total. The lowest BCUT2D eigenvalue weighted by Crippen LogP contribution is -2.30. The summed E-state index contributed by atoms with van der Waals surface area (Å²) in [4.78, 5) is 28.6. The van der Waals surface area contributed by atoms with Crippen molar-refractivity contribution in [3.63, 3.8) is 0 Å². The highest BCUT2D eigenvalue weighted by molar-refractivity contribution is 7.16. The van der Waals surface area contributed by atoms with Crippen molar-refractivity contribution in [2.45, 2.75) is 26.4 Å². The molecule has 1 aromatic heterocycles. The van der Waals surface area contributed by atoms with E-state index < -0.39 is 12.1 Å². The number of aromatic nitrogens is 1. The summed E-state index contributed by atoms with van der Waals surface area (Å²) in [7, 11) is 0. The molecular weight excluding hydrogens is 336 g/mol. The van der Waals surface area contributed by atoms with Gasteiger partial charge in [-0.3, -0.25) is 4.79 Å². The van der Waals surface area contributed by atoms with E-state index in [1.54, 1.807) is 30.6 Å². The number of aryl methyl sites for hydroxylation is 1. The van der Waals surface area contributed by atoms with E-state index >= 15 is 0 Å². The van der Waals surface area contributed by atoms with Gasteiger partial charge in [-0.2, -0.15) is 0 Å². The Labute approximate surface area is 149 Å². The van der Waals surface area contributed by atoms with Gasteiger partial charge in [-0.15, -0.1) is 11.3 Å². The Bertz CT molecular complexity index is 902. The minimum absolute atomic E-state index is 0.364. The van der Waals surface area contributed by atoms with Gasteiger partial charge in [0.2, 0.25) is 0 Å². The van der Waals surface area contributed by atoms with Crippen LogP contribution in [0.15, 0.2) is 48.0 Å². The molecule has 2 aromatic carbocycles. The number of hydrogen-bond donors (Lipinski definition) is 1. The third-order valence-corrected chi connectivity index (χ3v) is 4.64. The van der Waals surface area contributed by atoms with Crippen LogP contribution < -0.4 is 5.32 Å². The first kappa shape index (κ1) is 17.1. The fourth-order valence-electron chi connectivity index (χ4n) is 2.33. The number of carbonyl (C=O) groups is 2. The molecule has 0 aliphatic carbocycles. The Balaban J connectivity index is 1.62. The van der Waals surface area contributed by atoms with E-state index in [0.29, 0.717) is 11.3 Å². The van der Waals surface area contributed by atoms with Gasteiger partial charge in [-0.05, 0) is 49.2 Å². The lowest BCUT2D eigenvalue weighted by molar-refractivity contribution is -0.123. The van der Waals surface area contributed by atoms with Crippen molar-refractivity contribution in [2.24, 2.45) is 0 Å². The summed E-state index contributed by atoms with van der Waals surface area (Å²) in [6.45, 7) is 3.62. The molecule has 128 valence electrons. The topological polar surface area (TPSA) is 68.3 Å². The molecule has 0 unspecified atom stereocenters. The first-order chi connectivity index (χ1) is 12.1. The van der Waals surface area contributed by atoms with E-state index in [-0.39, 0.29) is 5.91 Å². The van der Waals surface area contributed by atoms with Crippen molar-refractivity contribution >= 4 is 39.1 Å². The van der Waals surface area contributed by atoms with Crippen molar-refractivity contribution in [1.82, 2.24) is 4.98 Å². The molecular formula is C19H18N2O3S. The highest BCUT2D eigenvalue weighted by Crippen LogP contribution is 2.20. The Morgan fingerprint density at radius 1 is 1.20 bits per heavy atom. The molecule has 0 saturated carbocycles. The summed E-state index contributed by atoms with van der Waals surface area (Å²) in [6, 6.07) is 12.7. The minimum Gasteiger partial charge on any atom is -0.449 e. The van der Waals surface area contributed by atoms with Gasteiger partial charge < -0.3 is 10.1 Å². The van der Waals surface area contributed by atoms with Gasteiger partial charge in [-0.1, -0.05) is 19.1 Å². The normalized spacial score (nSPS) is 11.9. The molecule has 0 bridgehead atoms. The van der Waals surface area contributed by atoms with Gasteiger partial charge in [0.25, 0.3) is 5.91 Å². The number of hydrogen-bond acceptors (Lipinski definition) is 5. The smallest absolute Gasteiger partial charge is 0.338 e. The Kier molecular flexibility index (Phi) is 5.09. The van der Waals surface area contributed by atoms with Crippen LogP contribution in [0.25, 0.3) is 10.2 Å². The first-order valence-electron chi connectivity index (χ1n) is 8.01. The molecule has 0 aliphatic rings. The molecule has 0 spiro atoms. The number of nitrogens with zero attached hydrogens (tertiary/aromatic N) is 1. The summed E-state index contributed by atoms with van der Waals surface area (Å²) in [5.41, 5.74) is 4.83. The number of nitrogens with one attached hydrogen (secondary N) is 1. The maximum Gasteiger partial charge on any atom is 0.338 e. The van der Waals surface area contributed by atoms with E-state index in [1.807, 2.05) is 24.3 Å². The maximum atomic E-state index is 12.2. The second-order valence-corrected chi connectivity index (χ2v) is 6.51. The van der Waals surface area contributed by atoms with E-state index in [0.717, 1.165) is 16.6 Å². The number of ether oxygens (including phenoxy) is 1. The van der Waals surface area contributed by atoms with Gasteiger partial charge in [0, 0.05) is 5.69 Å². The Morgan fingerprint density at radius 3 is 2.68 bits per heavy atom. The molecule has 0 fully saturated rings. The second-order valence-electron chi connectivity index (χ2n) is 5.62. The zero-order chi connectivity index (χ0) is 17.8. The molecule has 3 aromatic rings. The zero-order valence-electron chi connectivity index (χ0n) is 14.0. The molecule has 0 aliphatic heterocycles. The minimum atomic E-state index is -0.893. The number of fused-ring (bicyclic) bond motifs is 1. The predicted molar refractivity (Wildman–Crippen MR) is 98.9 cm³/mol. The van der Waals surface area contributed by atoms with Crippen LogP contribution in [0.2, 0.25) is 0 Å². The van der Waals surface area contributed by atoms with Crippen LogP contribution in [-0.4, -0.2) is 23.0 Å². The Hall–Kier alpha value is -2.73. The molecule has 1 heterocycles. The van der Waals surface area contributed by atoms with Gasteiger partial charge in [0.15, 0.2) is 6.10 Å². The highest BCUT2D eigenvalue weighted by Gasteiger charge is 2.19. The van der Waals surface area contributed by atoms with E-state index in [2.05, 4.69) is 17.2 Å². The quantitative estimate of drug-likeness (QED) is 0.702. The molecule has 1 N–H and O–H groups in total. The van der Waals surface area contributed by atoms with Crippen LogP contribution in [0.5, 0.6) is 0 Å². The number of anilines is 1. The Morgan fingerprint density at radius 2 is 1.96 bits per heavy atom. The number of benzene rings is 2. The number of thiazole rings is 1. The molecule has 6 heteroatoms. The number of amides is 1. The van der Waals surface area contributed by atoms with Gasteiger partial charge in [-0.25, -0.2) is 9.78 Å². The van der Waals surface area contributed by atoms with Crippen LogP contribution in [0, 0.1) is 0 Å². The summed E-state index contributed by atoms with van der Waals surface area (Å²) < 4.78 is 6.18. The zero-order valence-corrected chi connectivity index (χ0v) is 14.8. The predicted octanol–water partition coefficient (Wildman–Crippen LogP) is 4.04. The second kappa shape index (κ2) is 7.44. The van der Waals surface area contributed by atoms with E-state index in [4.69, 9.17) is 4.74 Å². The van der Waals surface area contributed by atoms with Crippen LogP contribution in [0.1, 0.15) is 29.8 Å². The van der Waals surface area contributed by atoms with Crippen molar-refractivity contribution < 1.29 is 14.3 Å². The third kappa shape index (κ3) is 4.03. The summed E-state index contributed by atoms with van der Waals surface area (Å²) >= 11 is 1.45. The highest BCUT2D eigenvalue weighted by atomic mass is 32.1. The van der Waals surface area contributed by atoms with Gasteiger partial charge >= 0.3 is 5.97 Å². The lowest BCUT2D eigenvalue weighted by Gasteiger charge is -2.14. The molecule has 0 radical (unpaired) electrons. The molecule has 1 amide bonds. The van der Waals surface area contributed by atoms with Crippen molar-refractivity contribution in [3.05, 3.63) is 59.1 Å². The third-order valence-electron chi connectivity index (χ3n) is 3.85. The summed E-state index contributed by atoms with van der Waals surface area (Å²) in [5.74, 6) is -0.893. The molecule has 25 heavy (non-hydrogen) atoms. The average Bonchev–Trinajstić information content (AvgIpc) is 3.09. The number of carbonyl (C=O) groups excluding carboxylic acids is 2. The average molecular weight is 354 g/mol. The van der Waals surface area contributed by atoms with Crippen LogP contribution in [0.4, 0.5) is 5.69 Å². The molecule has 0 saturated heterocycles. The lowest BCUT2D eigenvalue weighted by atomic mass is 10.1. The van der Waals surface area contributed by atoms with Crippen molar-refractivity contribution in [2.75, 3.05) is 5.32 Å². The van der Waals surface area contributed by atoms with Crippen molar-refractivity contribution in [3.8, 4) is 0 Å². The van der Waals surface area contributed by atoms with Crippen LogP contribution in [-0.2, 0) is 16.0 Å². The fourth-order valence-corrected chi connectivity index (χ4v) is 3.05. The van der Waals surface area contributed by atoms with E-state index in [1.165, 1.54) is 16.9 Å². The molecule has 3 rings (SSSR count). The molecule has 1 atom stereocenters. The summed E-state index contributed by atoms with van der Waals surface area (Å²) in [5, 5.41) is 2.75. The van der Waals surface area contributed by atoms with Gasteiger partial charge in [0.1, 0.15) is 0 Å². The van der Waals surface area contributed by atoms with Crippen LogP contribution in [0.3, 0.4) is 0 Å². The number of esters is 1. The number of rotatable bonds is 5. The summed E-state index contributed by atoms with van der Waals surface area (Å²) in [6.07, 6.45) is 0.0438. The monoisotopic (exact) mass is 354 g/mol. The SMILES string of the molecule is CCc1ccc(NC(=O)[C@H](C)OC(=O)c2ccc3ncsc3c2)cc1. The van der Waals surface area contributed by atoms with Crippen LogP contribution >= 0.6 is 11.3 Å². The largest absolute Gasteiger partial charge is 0.449 e. The van der Waals surface area contributed by atoms with E-state index in [9.17, 15) is 9.59 Å². The standard InChI is InChI=1S/C19H18N2O3S/c1-3-13-4-7-15(8-5-13)21-18(22)12(2)24-19(23)14-6-9-16-17(10-14)25-11-20-16/h4-12H,3H2,1-2H3,(H,21,22)/t12-/m0/s1.